The van der Waals surface area contributed by atoms with Crippen molar-refractivity contribution >= 4 is 17.5 Å². The Morgan fingerprint density at radius 3 is 2.77 bits per heavy atom. The molecular formula is C14H10ClN5O2. The number of amides is 1. The quantitative estimate of drug-likeness (QED) is 0.792. The third-order valence-electron chi connectivity index (χ3n) is 2.78. The average Bonchev–Trinajstić information content (AvgIpc) is 3.05. The minimum Gasteiger partial charge on any atom is -0.344 e. The highest BCUT2D eigenvalue weighted by atomic mass is 35.5. The van der Waals surface area contributed by atoms with Gasteiger partial charge in [-0.25, -0.2) is 4.98 Å². The molecule has 0 atom stereocenters. The minimum absolute atomic E-state index is 0.130. The molecule has 0 saturated heterocycles. The summed E-state index contributed by atoms with van der Waals surface area (Å²) in [5, 5.41) is 7.03. The van der Waals surface area contributed by atoms with E-state index in [2.05, 4.69) is 25.4 Å². The van der Waals surface area contributed by atoms with E-state index >= 15 is 0 Å². The number of carbonyl (C=O) groups excluding carboxylic acids is 1. The van der Waals surface area contributed by atoms with Crippen LogP contribution in [0, 0.1) is 0 Å². The van der Waals surface area contributed by atoms with Gasteiger partial charge in [0.25, 0.3) is 0 Å². The second-order valence-electron chi connectivity index (χ2n) is 4.32. The van der Waals surface area contributed by atoms with Crippen molar-refractivity contribution in [1.29, 1.82) is 0 Å². The molecule has 22 heavy (non-hydrogen) atoms. The fourth-order valence-electron chi connectivity index (χ4n) is 1.69. The van der Waals surface area contributed by atoms with Gasteiger partial charge in [0.1, 0.15) is 5.69 Å². The van der Waals surface area contributed by atoms with Gasteiger partial charge in [-0.15, -0.1) is 0 Å². The van der Waals surface area contributed by atoms with Crippen LogP contribution in [0.1, 0.15) is 16.2 Å². The van der Waals surface area contributed by atoms with Crippen LogP contribution in [0.25, 0.3) is 11.5 Å². The van der Waals surface area contributed by atoms with Crippen molar-refractivity contribution in [2.24, 2.45) is 0 Å². The zero-order valence-electron chi connectivity index (χ0n) is 11.2. The number of nitrogens with zero attached hydrogens (tertiary/aromatic N) is 4. The molecule has 0 aliphatic heterocycles. The van der Waals surface area contributed by atoms with E-state index in [1.165, 1.54) is 18.6 Å². The molecule has 1 aromatic carbocycles. The van der Waals surface area contributed by atoms with Gasteiger partial charge >= 0.3 is 11.8 Å². The molecule has 110 valence electrons. The standard InChI is InChI=1S/C14H10ClN5O2/c15-10-3-1-9(2-4-10)7-18-13(21)14-19-12(20-22-14)11-8-16-5-6-17-11/h1-6,8H,7H2,(H,18,21). The highest BCUT2D eigenvalue weighted by Crippen LogP contribution is 2.11. The maximum atomic E-state index is 12.0. The number of halogens is 1. The second kappa shape index (κ2) is 6.31. The van der Waals surface area contributed by atoms with Crippen LogP contribution in [-0.4, -0.2) is 26.0 Å². The van der Waals surface area contributed by atoms with Crippen LogP contribution in [-0.2, 0) is 6.54 Å². The lowest BCUT2D eigenvalue weighted by Gasteiger charge is -2.02. The van der Waals surface area contributed by atoms with Gasteiger partial charge in [-0.2, -0.15) is 4.98 Å². The predicted octanol–water partition coefficient (Wildman–Crippen LogP) is 2.11. The maximum Gasteiger partial charge on any atom is 0.316 e. The fraction of sp³-hybridized carbons (Fsp3) is 0.0714. The zero-order valence-corrected chi connectivity index (χ0v) is 12.0. The van der Waals surface area contributed by atoms with Crippen molar-refractivity contribution in [3.63, 3.8) is 0 Å². The molecule has 3 rings (SSSR count). The van der Waals surface area contributed by atoms with Crippen molar-refractivity contribution in [3.05, 3.63) is 59.3 Å². The van der Waals surface area contributed by atoms with E-state index < -0.39 is 5.91 Å². The normalized spacial score (nSPS) is 10.4. The summed E-state index contributed by atoms with van der Waals surface area (Å²) in [6.07, 6.45) is 4.52. The van der Waals surface area contributed by atoms with E-state index in [4.69, 9.17) is 16.1 Å². The Bertz CT molecular complexity index is 773. The number of hydrogen-bond donors (Lipinski definition) is 1. The van der Waals surface area contributed by atoms with Gasteiger partial charge in [0.15, 0.2) is 0 Å². The number of benzene rings is 1. The summed E-state index contributed by atoms with van der Waals surface area (Å²) in [4.78, 5) is 23.9. The Balaban J connectivity index is 1.66. The van der Waals surface area contributed by atoms with Crippen LogP contribution in [0.3, 0.4) is 0 Å². The van der Waals surface area contributed by atoms with Crippen molar-refractivity contribution in [2.75, 3.05) is 0 Å². The van der Waals surface area contributed by atoms with Gasteiger partial charge in [-0.1, -0.05) is 28.9 Å². The lowest BCUT2D eigenvalue weighted by Crippen LogP contribution is -2.23. The molecule has 0 bridgehead atoms. The highest BCUT2D eigenvalue weighted by Gasteiger charge is 2.16. The van der Waals surface area contributed by atoms with Crippen molar-refractivity contribution < 1.29 is 9.32 Å². The second-order valence-corrected chi connectivity index (χ2v) is 4.76. The summed E-state index contributed by atoms with van der Waals surface area (Å²) >= 11 is 5.80. The summed E-state index contributed by atoms with van der Waals surface area (Å²) in [6, 6.07) is 7.15. The molecule has 3 aromatic rings. The smallest absolute Gasteiger partial charge is 0.316 e. The van der Waals surface area contributed by atoms with Crippen LogP contribution in [0.15, 0.2) is 47.4 Å². The lowest BCUT2D eigenvalue weighted by atomic mass is 10.2. The summed E-state index contributed by atoms with van der Waals surface area (Å²) in [5.74, 6) is -0.378. The molecule has 1 N–H and O–H groups in total. The van der Waals surface area contributed by atoms with Crippen molar-refractivity contribution in [2.45, 2.75) is 6.54 Å². The molecule has 2 heterocycles. The summed E-state index contributed by atoms with van der Waals surface area (Å²) in [5.41, 5.74) is 1.34. The first-order chi connectivity index (χ1) is 10.7. The lowest BCUT2D eigenvalue weighted by molar-refractivity contribution is 0.0907. The minimum atomic E-state index is -0.461. The molecule has 1 amide bonds. The third-order valence-corrected chi connectivity index (χ3v) is 3.03. The maximum absolute atomic E-state index is 12.0. The van der Waals surface area contributed by atoms with Gasteiger partial charge in [-0.3, -0.25) is 9.78 Å². The average molecular weight is 316 g/mol. The van der Waals surface area contributed by atoms with Gasteiger partial charge in [0.05, 0.1) is 6.20 Å². The Labute approximate surface area is 130 Å². The van der Waals surface area contributed by atoms with Gasteiger partial charge in [0, 0.05) is 24.0 Å². The molecule has 2 aromatic heterocycles. The Morgan fingerprint density at radius 1 is 1.23 bits per heavy atom. The summed E-state index contributed by atoms with van der Waals surface area (Å²) < 4.78 is 4.93. The van der Waals surface area contributed by atoms with E-state index in [1.54, 1.807) is 12.1 Å². The number of aromatic nitrogens is 4. The molecule has 0 spiro atoms. The Morgan fingerprint density at radius 2 is 2.05 bits per heavy atom. The molecule has 8 heteroatoms. The monoisotopic (exact) mass is 315 g/mol. The number of rotatable bonds is 4. The first-order valence-corrected chi connectivity index (χ1v) is 6.73. The Kier molecular flexibility index (Phi) is 4.06. The van der Waals surface area contributed by atoms with E-state index in [1.807, 2.05) is 12.1 Å². The highest BCUT2D eigenvalue weighted by molar-refractivity contribution is 6.30. The van der Waals surface area contributed by atoms with Crippen LogP contribution >= 0.6 is 11.6 Å². The first kappa shape index (κ1) is 14.2. The van der Waals surface area contributed by atoms with E-state index in [0.717, 1.165) is 5.56 Å². The largest absolute Gasteiger partial charge is 0.344 e. The zero-order chi connectivity index (χ0) is 15.4. The van der Waals surface area contributed by atoms with E-state index in [0.29, 0.717) is 17.3 Å². The molecule has 0 unspecified atom stereocenters. The van der Waals surface area contributed by atoms with Crippen LogP contribution in [0.5, 0.6) is 0 Å². The molecule has 7 nitrogen and oxygen atoms in total. The van der Waals surface area contributed by atoms with Gasteiger partial charge < -0.3 is 9.84 Å². The van der Waals surface area contributed by atoms with Crippen molar-refractivity contribution in [1.82, 2.24) is 25.4 Å². The van der Waals surface area contributed by atoms with Crippen molar-refractivity contribution in [3.8, 4) is 11.5 Å². The number of hydrogen-bond acceptors (Lipinski definition) is 6. The van der Waals surface area contributed by atoms with E-state index in [-0.39, 0.29) is 11.7 Å². The molecule has 0 fully saturated rings. The van der Waals surface area contributed by atoms with Crippen LogP contribution in [0.2, 0.25) is 5.02 Å². The summed E-state index contributed by atoms with van der Waals surface area (Å²) in [6.45, 7) is 0.332. The molecule has 0 radical (unpaired) electrons. The van der Waals surface area contributed by atoms with Crippen LogP contribution < -0.4 is 5.32 Å². The SMILES string of the molecule is O=C(NCc1ccc(Cl)cc1)c1nc(-c2cnccn2)no1. The Hall–Kier alpha value is -2.80. The first-order valence-electron chi connectivity index (χ1n) is 6.35. The molecule has 0 saturated carbocycles. The molecule has 0 aliphatic rings. The topological polar surface area (TPSA) is 93.8 Å². The summed E-state index contributed by atoms with van der Waals surface area (Å²) in [7, 11) is 0. The van der Waals surface area contributed by atoms with Gasteiger partial charge in [-0.05, 0) is 17.7 Å². The number of nitrogens with one attached hydrogen (secondary N) is 1. The molecule has 0 aliphatic carbocycles. The predicted molar refractivity (Wildman–Crippen MR) is 77.9 cm³/mol. The van der Waals surface area contributed by atoms with Crippen LogP contribution in [0.4, 0.5) is 0 Å². The fourth-order valence-corrected chi connectivity index (χ4v) is 1.82. The van der Waals surface area contributed by atoms with E-state index in [9.17, 15) is 4.79 Å². The number of carbonyl (C=O) groups is 1. The molecular weight excluding hydrogens is 306 g/mol. The van der Waals surface area contributed by atoms with Gasteiger partial charge in [0.2, 0.25) is 5.82 Å². The third kappa shape index (κ3) is 3.26.